The SMILES string of the molecule is c1ccc(-c2nc(-c3ccccc3)nc(-c3ccc(-c4ccc5cc(-n6c7ccccc7c7ccc(-c8nc9ccccc9o8)cc76)ccc5c4)cc3)n2)cc1. The number of hydrogen-bond donors (Lipinski definition) is 0. The summed E-state index contributed by atoms with van der Waals surface area (Å²) in [6.45, 7) is 0. The Hall–Kier alpha value is -7.70. The van der Waals surface area contributed by atoms with Crippen molar-refractivity contribution in [2.24, 2.45) is 0 Å². The average molecular weight is 718 g/mol. The van der Waals surface area contributed by atoms with Crippen molar-refractivity contribution in [3.05, 3.63) is 188 Å². The van der Waals surface area contributed by atoms with Gasteiger partial charge in [-0.05, 0) is 70.4 Å². The molecular weight excluding hydrogens is 687 g/mol. The summed E-state index contributed by atoms with van der Waals surface area (Å²) in [4.78, 5) is 19.4. The summed E-state index contributed by atoms with van der Waals surface area (Å²) < 4.78 is 8.51. The molecular formula is C50H31N5O. The van der Waals surface area contributed by atoms with Crippen LogP contribution in [0.3, 0.4) is 0 Å². The minimum Gasteiger partial charge on any atom is -0.436 e. The van der Waals surface area contributed by atoms with E-state index in [-0.39, 0.29) is 0 Å². The van der Waals surface area contributed by atoms with E-state index in [1.54, 1.807) is 0 Å². The molecule has 0 aliphatic carbocycles. The highest BCUT2D eigenvalue weighted by atomic mass is 16.3. The monoisotopic (exact) mass is 717 g/mol. The third-order valence-corrected chi connectivity index (χ3v) is 10.5. The van der Waals surface area contributed by atoms with E-state index in [2.05, 4.69) is 108 Å². The summed E-state index contributed by atoms with van der Waals surface area (Å²) in [5, 5.41) is 4.72. The lowest BCUT2D eigenvalue weighted by atomic mass is 9.99. The summed E-state index contributed by atoms with van der Waals surface area (Å²) in [7, 11) is 0. The van der Waals surface area contributed by atoms with Crippen molar-refractivity contribution < 1.29 is 4.42 Å². The van der Waals surface area contributed by atoms with Gasteiger partial charge in [-0.1, -0.05) is 140 Å². The molecule has 3 aromatic heterocycles. The molecule has 6 nitrogen and oxygen atoms in total. The molecule has 0 aliphatic rings. The second-order valence-corrected chi connectivity index (χ2v) is 13.9. The Labute approximate surface area is 322 Å². The number of aromatic nitrogens is 5. The van der Waals surface area contributed by atoms with Crippen LogP contribution in [0.15, 0.2) is 192 Å². The summed E-state index contributed by atoms with van der Waals surface area (Å²) in [6.07, 6.45) is 0. The normalized spacial score (nSPS) is 11.6. The Bertz CT molecular complexity index is 3150. The van der Waals surface area contributed by atoms with E-state index in [0.717, 1.165) is 66.6 Å². The molecule has 6 heteroatoms. The van der Waals surface area contributed by atoms with Crippen molar-refractivity contribution in [3.63, 3.8) is 0 Å². The lowest BCUT2D eigenvalue weighted by Crippen LogP contribution is -2.00. The molecule has 0 fully saturated rings. The van der Waals surface area contributed by atoms with E-state index in [1.807, 2.05) is 84.9 Å². The molecule has 11 rings (SSSR count). The molecule has 0 N–H and O–H groups in total. The fraction of sp³-hybridized carbons (Fsp3) is 0. The number of oxazole rings is 1. The third-order valence-electron chi connectivity index (χ3n) is 10.5. The summed E-state index contributed by atoms with van der Waals surface area (Å²) >= 11 is 0. The fourth-order valence-corrected chi connectivity index (χ4v) is 7.68. The Balaban J connectivity index is 0.947. The zero-order valence-corrected chi connectivity index (χ0v) is 30.0. The van der Waals surface area contributed by atoms with Crippen molar-refractivity contribution in [2.75, 3.05) is 0 Å². The minimum atomic E-state index is 0.617. The van der Waals surface area contributed by atoms with E-state index in [9.17, 15) is 0 Å². The Morgan fingerprint density at radius 3 is 1.64 bits per heavy atom. The molecule has 0 amide bonds. The van der Waals surface area contributed by atoms with Crippen LogP contribution in [0.4, 0.5) is 0 Å². The number of nitrogens with zero attached hydrogens (tertiary/aromatic N) is 5. The van der Waals surface area contributed by atoms with Crippen molar-refractivity contribution in [2.45, 2.75) is 0 Å². The molecule has 3 heterocycles. The topological polar surface area (TPSA) is 69.6 Å². The molecule has 0 atom stereocenters. The van der Waals surface area contributed by atoms with Gasteiger partial charge in [0.25, 0.3) is 0 Å². The summed E-state index contributed by atoms with van der Waals surface area (Å²) in [5.41, 5.74) is 11.0. The Morgan fingerprint density at radius 2 is 0.911 bits per heavy atom. The van der Waals surface area contributed by atoms with E-state index in [4.69, 9.17) is 24.4 Å². The van der Waals surface area contributed by atoms with Gasteiger partial charge in [-0.15, -0.1) is 0 Å². The van der Waals surface area contributed by atoms with Crippen molar-refractivity contribution in [3.8, 4) is 62.4 Å². The maximum absolute atomic E-state index is 6.17. The summed E-state index contributed by atoms with van der Waals surface area (Å²) in [5.74, 6) is 2.56. The molecule has 0 bridgehead atoms. The highest BCUT2D eigenvalue weighted by Crippen LogP contribution is 2.37. The second-order valence-electron chi connectivity index (χ2n) is 13.9. The number of fused-ring (bicyclic) bond motifs is 5. The number of rotatable bonds is 6. The molecule has 0 saturated carbocycles. The van der Waals surface area contributed by atoms with Crippen LogP contribution in [-0.4, -0.2) is 24.5 Å². The van der Waals surface area contributed by atoms with Gasteiger partial charge in [0.05, 0.1) is 11.0 Å². The standard InChI is InChI=1S/C50H31N5O/c1-3-11-33(12-4-1)47-52-48(34-13-5-2-6-14-34)54-49(53-47)35-21-19-32(20-22-35)36-23-24-38-30-40(27-25-37(38)29-36)55-44-17-9-7-15-41(44)42-28-26-39(31-45(42)55)50-51-43-16-8-10-18-46(43)56-50/h1-31H. The molecule has 262 valence electrons. The maximum atomic E-state index is 6.17. The summed E-state index contributed by atoms with van der Waals surface area (Å²) in [6, 6.07) is 64.9. The van der Waals surface area contributed by atoms with Crippen molar-refractivity contribution in [1.29, 1.82) is 0 Å². The predicted molar refractivity (Wildman–Crippen MR) is 226 cm³/mol. The van der Waals surface area contributed by atoms with Crippen molar-refractivity contribution in [1.82, 2.24) is 24.5 Å². The largest absolute Gasteiger partial charge is 0.436 e. The number of para-hydroxylation sites is 3. The Kier molecular flexibility index (Phi) is 7.38. The minimum absolute atomic E-state index is 0.617. The van der Waals surface area contributed by atoms with Gasteiger partial charge in [-0.25, -0.2) is 19.9 Å². The highest BCUT2D eigenvalue weighted by Gasteiger charge is 2.17. The highest BCUT2D eigenvalue weighted by molar-refractivity contribution is 6.10. The van der Waals surface area contributed by atoms with Gasteiger partial charge in [0.1, 0.15) is 5.52 Å². The van der Waals surface area contributed by atoms with Crippen LogP contribution < -0.4 is 0 Å². The molecule has 56 heavy (non-hydrogen) atoms. The van der Waals surface area contributed by atoms with Gasteiger partial charge in [-0.3, -0.25) is 0 Å². The number of hydrogen-bond acceptors (Lipinski definition) is 5. The van der Waals surface area contributed by atoms with Crippen LogP contribution in [0.2, 0.25) is 0 Å². The van der Waals surface area contributed by atoms with Crippen LogP contribution in [0, 0.1) is 0 Å². The van der Waals surface area contributed by atoms with Crippen LogP contribution in [0.5, 0.6) is 0 Å². The fourth-order valence-electron chi connectivity index (χ4n) is 7.68. The van der Waals surface area contributed by atoms with E-state index < -0.39 is 0 Å². The molecule has 0 spiro atoms. The zero-order chi connectivity index (χ0) is 37.0. The van der Waals surface area contributed by atoms with E-state index in [0.29, 0.717) is 23.4 Å². The van der Waals surface area contributed by atoms with Gasteiger partial charge in [0.15, 0.2) is 23.1 Å². The zero-order valence-electron chi connectivity index (χ0n) is 30.0. The molecule has 0 aliphatic heterocycles. The molecule has 0 saturated heterocycles. The maximum Gasteiger partial charge on any atom is 0.227 e. The van der Waals surface area contributed by atoms with Crippen LogP contribution in [0.1, 0.15) is 0 Å². The van der Waals surface area contributed by atoms with Crippen molar-refractivity contribution >= 4 is 43.7 Å². The van der Waals surface area contributed by atoms with Crippen LogP contribution in [0.25, 0.3) is 106 Å². The first kappa shape index (κ1) is 31.8. The van der Waals surface area contributed by atoms with Gasteiger partial charge < -0.3 is 8.98 Å². The predicted octanol–water partition coefficient (Wildman–Crippen LogP) is 12.6. The van der Waals surface area contributed by atoms with E-state index in [1.165, 1.54) is 16.2 Å². The Morgan fingerprint density at radius 1 is 0.357 bits per heavy atom. The smallest absolute Gasteiger partial charge is 0.227 e. The van der Waals surface area contributed by atoms with Gasteiger partial charge in [0.2, 0.25) is 5.89 Å². The third kappa shape index (κ3) is 5.51. The van der Waals surface area contributed by atoms with Gasteiger partial charge in [0, 0.05) is 38.7 Å². The van der Waals surface area contributed by atoms with E-state index >= 15 is 0 Å². The van der Waals surface area contributed by atoms with Crippen LogP contribution >= 0.6 is 0 Å². The van der Waals surface area contributed by atoms with Gasteiger partial charge >= 0.3 is 0 Å². The molecule has 0 unspecified atom stereocenters. The van der Waals surface area contributed by atoms with Gasteiger partial charge in [-0.2, -0.15) is 0 Å². The first-order valence-corrected chi connectivity index (χ1v) is 18.6. The molecule has 0 radical (unpaired) electrons. The average Bonchev–Trinajstić information content (AvgIpc) is 3.86. The molecule has 11 aromatic rings. The quantitative estimate of drug-likeness (QED) is 0.171. The first-order valence-electron chi connectivity index (χ1n) is 18.6. The lowest BCUT2D eigenvalue weighted by molar-refractivity contribution is 0.620. The lowest BCUT2D eigenvalue weighted by Gasteiger charge is -2.11. The molecule has 8 aromatic carbocycles. The van der Waals surface area contributed by atoms with Crippen LogP contribution in [-0.2, 0) is 0 Å². The number of benzene rings is 8. The second kappa shape index (κ2) is 13.0. The first-order chi connectivity index (χ1) is 27.7.